The number of hydrogen-bond acceptors (Lipinski definition) is 2. The van der Waals surface area contributed by atoms with Crippen LogP contribution in [-0.4, -0.2) is 16.8 Å². The van der Waals surface area contributed by atoms with Crippen molar-refractivity contribution in [3.63, 3.8) is 0 Å². The number of benzene rings is 2. The third kappa shape index (κ3) is 3.23. The van der Waals surface area contributed by atoms with Crippen LogP contribution in [0.25, 0.3) is 10.9 Å². The van der Waals surface area contributed by atoms with Gasteiger partial charge < -0.3 is 4.98 Å². The first kappa shape index (κ1) is 15.6. The Labute approximate surface area is 145 Å². The van der Waals surface area contributed by atoms with Gasteiger partial charge in [-0.05, 0) is 30.3 Å². The van der Waals surface area contributed by atoms with Crippen LogP contribution < -0.4 is 10.9 Å². The number of amides is 2. The minimum atomic E-state index is -0.517. The summed E-state index contributed by atoms with van der Waals surface area (Å²) in [4.78, 5) is 27.1. The van der Waals surface area contributed by atoms with Gasteiger partial charge in [-0.2, -0.15) is 0 Å². The topological polar surface area (TPSA) is 74.0 Å². The molecule has 0 spiro atoms. The Kier molecular flexibility index (Phi) is 4.36. The maximum atomic E-state index is 12.2. The number of carbonyl (C=O) groups excluding carboxylic acids is 2. The van der Waals surface area contributed by atoms with Crippen molar-refractivity contribution < 1.29 is 9.59 Å². The Morgan fingerprint density at radius 2 is 1.61 bits per heavy atom. The number of aromatic amines is 1. The highest BCUT2D eigenvalue weighted by atomic mass is 79.9. The van der Waals surface area contributed by atoms with Crippen molar-refractivity contribution in [2.24, 2.45) is 0 Å². The molecule has 3 rings (SSSR count). The SMILES string of the molecule is O=C(NNC(=O)c1[nH]c2ccccc2c1Cl)c1ccc(Br)cc1. The molecule has 5 nitrogen and oxygen atoms in total. The highest BCUT2D eigenvalue weighted by Gasteiger charge is 2.16. The summed E-state index contributed by atoms with van der Waals surface area (Å²) in [6, 6.07) is 14.1. The molecule has 1 heterocycles. The van der Waals surface area contributed by atoms with E-state index in [9.17, 15) is 9.59 Å². The van der Waals surface area contributed by atoms with Crippen LogP contribution in [0.3, 0.4) is 0 Å². The first-order valence-corrected chi connectivity index (χ1v) is 7.86. The Hall–Kier alpha value is -2.31. The van der Waals surface area contributed by atoms with Crippen LogP contribution in [0, 0.1) is 0 Å². The summed E-state index contributed by atoms with van der Waals surface area (Å²) in [5.41, 5.74) is 6.08. The zero-order valence-corrected chi connectivity index (χ0v) is 14.0. The van der Waals surface area contributed by atoms with Gasteiger partial charge in [-0.1, -0.05) is 45.7 Å². The number of aromatic nitrogens is 1. The van der Waals surface area contributed by atoms with Crippen molar-refractivity contribution in [1.29, 1.82) is 0 Å². The molecule has 3 N–H and O–H groups in total. The van der Waals surface area contributed by atoms with Gasteiger partial charge in [-0.15, -0.1) is 0 Å². The number of para-hydroxylation sites is 1. The van der Waals surface area contributed by atoms with Crippen LogP contribution in [0.15, 0.2) is 53.0 Å². The Bertz CT molecular complexity index is 890. The van der Waals surface area contributed by atoms with Gasteiger partial charge >= 0.3 is 0 Å². The Morgan fingerprint density at radius 3 is 2.30 bits per heavy atom. The van der Waals surface area contributed by atoms with E-state index < -0.39 is 11.8 Å². The smallest absolute Gasteiger partial charge is 0.287 e. The molecule has 0 fully saturated rings. The van der Waals surface area contributed by atoms with Gasteiger partial charge in [0.05, 0.1) is 5.02 Å². The molecule has 0 saturated carbocycles. The molecule has 2 aromatic carbocycles. The number of nitrogens with one attached hydrogen (secondary N) is 3. The predicted octanol–water partition coefficient (Wildman–Crippen LogP) is 3.66. The molecule has 0 saturated heterocycles. The fourth-order valence-electron chi connectivity index (χ4n) is 2.11. The van der Waals surface area contributed by atoms with Gasteiger partial charge in [0.15, 0.2) is 0 Å². The summed E-state index contributed by atoms with van der Waals surface area (Å²) in [7, 11) is 0. The fourth-order valence-corrected chi connectivity index (χ4v) is 2.68. The lowest BCUT2D eigenvalue weighted by Crippen LogP contribution is -2.41. The number of hydrazine groups is 1. The predicted molar refractivity (Wildman–Crippen MR) is 92.4 cm³/mol. The van der Waals surface area contributed by atoms with E-state index >= 15 is 0 Å². The molecular weight excluding hydrogens is 382 g/mol. The van der Waals surface area contributed by atoms with Crippen LogP contribution >= 0.6 is 27.5 Å². The molecular formula is C16H11BrClN3O2. The molecule has 0 aliphatic rings. The third-order valence-corrected chi connectivity index (χ3v) is 4.19. The summed E-state index contributed by atoms with van der Waals surface area (Å²) in [5, 5.41) is 1.06. The van der Waals surface area contributed by atoms with Crippen LogP contribution in [-0.2, 0) is 0 Å². The molecule has 0 atom stereocenters. The van der Waals surface area contributed by atoms with E-state index in [4.69, 9.17) is 11.6 Å². The fraction of sp³-hybridized carbons (Fsp3) is 0. The molecule has 0 bridgehead atoms. The summed E-state index contributed by atoms with van der Waals surface area (Å²) in [6.07, 6.45) is 0. The lowest BCUT2D eigenvalue weighted by atomic mass is 10.2. The van der Waals surface area contributed by atoms with Gasteiger partial charge in [-0.3, -0.25) is 20.4 Å². The Balaban J connectivity index is 1.72. The average molecular weight is 393 g/mol. The lowest BCUT2D eigenvalue weighted by molar-refractivity contribution is 0.0844. The van der Waals surface area contributed by atoms with Crippen molar-refractivity contribution in [2.75, 3.05) is 0 Å². The van der Waals surface area contributed by atoms with E-state index in [-0.39, 0.29) is 5.69 Å². The highest BCUT2D eigenvalue weighted by Crippen LogP contribution is 2.26. The van der Waals surface area contributed by atoms with E-state index in [0.717, 1.165) is 15.4 Å². The molecule has 3 aromatic rings. The molecule has 2 amide bonds. The van der Waals surface area contributed by atoms with E-state index in [0.29, 0.717) is 10.6 Å². The largest absolute Gasteiger partial charge is 0.349 e. The second-order valence-corrected chi connectivity index (χ2v) is 6.07. The van der Waals surface area contributed by atoms with Crippen LogP contribution in [0.4, 0.5) is 0 Å². The van der Waals surface area contributed by atoms with E-state index in [2.05, 4.69) is 31.8 Å². The first-order valence-electron chi connectivity index (χ1n) is 6.68. The molecule has 7 heteroatoms. The number of carbonyl (C=O) groups is 2. The van der Waals surface area contributed by atoms with E-state index in [1.807, 2.05) is 24.3 Å². The minimum absolute atomic E-state index is 0.198. The summed E-state index contributed by atoms with van der Waals surface area (Å²) in [5.74, 6) is -0.935. The molecule has 0 aliphatic heterocycles. The molecule has 1 aromatic heterocycles. The highest BCUT2D eigenvalue weighted by molar-refractivity contribution is 9.10. The van der Waals surface area contributed by atoms with Crippen LogP contribution in [0.5, 0.6) is 0 Å². The van der Waals surface area contributed by atoms with Crippen molar-refractivity contribution in [3.05, 3.63) is 69.3 Å². The summed E-state index contributed by atoms with van der Waals surface area (Å²) in [6.45, 7) is 0. The van der Waals surface area contributed by atoms with Gasteiger partial charge in [-0.25, -0.2) is 0 Å². The number of rotatable bonds is 2. The number of halogens is 2. The lowest BCUT2D eigenvalue weighted by Gasteiger charge is -2.06. The first-order chi connectivity index (χ1) is 11.1. The zero-order valence-electron chi connectivity index (χ0n) is 11.7. The number of H-pyrrole nitrogens is 1. The maximum absolute atomic E-state index is 12.2. The van der Waals surface area contributed by atoms with Crippen molar-refractivity contribution >= 4 is 50.2 Å². The van der Waals surface area contributed by atoms with Gasteiger partial charge in [0.1, 0.15) is 5.69 Å². The van der Waals surface area contributed by atoms with Crippen molar-refractivity contribution in [1.82, 2.24) is 15.8 Å². The second-order valence-electron chi connectivity index (χ2n) is 4.77. The van der Waals surface area contributed by atoms with Crippen LogP contribution in [0.1, 0.15) is 20.8 Å². The number of hydrogen-bond donors (Lipinski definition) is 3. The summed E-state index contributed by atoms with van der Waals surface area (Å²) < 4.78 is 0.864. The zero-order chi connectivity index (χ0) is 16.4. The van der Waals surface area contributed by atoms with Crippen molar-refractivity contribution in [3.8, 4) is 0 Å². The quantitative estimate of drug-likeness (QED) is 0.582. The number of fused-ring (bicyclic) bond motifs is 1. The maximum Gasteiger partial charge on any atom is 0.287 e. The van der Waals surface area contributed by atoms with Crippen LogP contribution in [0.2, 0.25) is 5.02 Å². The molecule has 116 valence electrons. The molecule has 0 radical (unpaired) electrons. The van der Waals surface area contributed by atoms with Gasteiger partial charge in [0.2, 0.25) is 0 Å². The normalized spacial score (nSPS) is 10.5. The monoisotopic (exact) mass is 391 g/mol. The second kappa shape index (κ2) is 6.44. The van der Waals surface area contributed by atoms with E-state index in [1.165, 1.54) is 0 Å². The molecule has 23 heavy (non-hydrogen) atoms. The standard InChI is InChI=1S/C16H11BrClN3O2/c17-10-7-5-9(6-8-10)15(22)20-21-16(23)14-13(18)11-3-1-2-4-12(11)19-14/h1-8,19H,(H,20,22)(H,21,23). The van der Waals surface area contributed by atoms with Gasteiger partial charge in [0.25, 0.3) is 11.8 Å². The molecule has 0 aliphatic carbocycles. The summed E-state index contributed by atoms with van der Waals surface area (Å²) >= 11 is 9.48. The molecule has 0 unspecified atom stereocenters. The van der Waals surface area contributed by atoms with Crippen molar-refractivity contribution in [2.45, 2.75) is 0 Å². The van der Waals surface area contributed by atoms with E-state index in [1.54, 1.807) is 24.3 Å². The Morgan fingerprint density at radius 1 is 0.957 bits per heavy atom. The average Bonchev–Trinajstić information content (AvgIpc) is 2.90. The van der Waals surface area contributed by atoms with Gasteiger partial charge in [0, 0.05) is 20.9 Å². The third-order valence-electron chi connectivity index (χ3n) is 3.27. The minimum Gasteiger partial charge on any atom is -0.349 e.